The van der Waals surface area contributed by atoms with E-state index in [0.717, 1.165) is 3.57 Å². The summed E-state index contributed by atoms with van der Waals surface area (Å²) >= 11 is 2.13. The Bertz CT molecular complexity index is 168. The molecule has 2 heteroatoms. The standard InChI is InChI=1S/C6H4IO/c7-5-2-1-3-6(8)4-5/h1-2,4,8H. The summed E-state index contributed by atoms with van der Waals surface area (Å²) in [6.45, 7) is 0. The van der Waals surface area contributed by atoms with Crippen molar-refractivity contribution in [1.82, 2.24) is 0 Å². The molecule has 0 saturated carbocycles. The number of aromatic hydroxyl groups is 1. The number of hydrogen-bond donors (Lipinski definition) is 1. The zero-order valence-corrected chi connectivity index (χ0v) is 6.21. The molecule has 0 aliphatic carbocycles. The van der Waals surface area contributed by atoms with Gasteiger partial charge in [-0.05, 0) is 40.8 Å². The first-order chi connectivity index (χ1) is 3.79. The van der Waals surface area contributed by atoms with Crippen molar-refractivity contribution in [2.24, 2.45) is 0 Å². The van der Waals surface area contributed by atoms with Gasteiger partial charge in [0.1, 0.15) is 5.75 Å². The average Bonchev–Trinajstić information content (AvgIpc) is 1.64. The van der Waals surface area contributed by atoms with Gasteiger partial charge in [0, 0.05) is 9.64 Å². The Balaban J connectivity index is 3.08. The molecule has 0 aliphatic heterocycles. The molecule has 8 heavy (non-hydrogen) atoms. The third-order valence-corrected chi connectivity index (χ3v) is 1.42. The highest BCUT2D eigenvalue weighted by atomic mass is 127. The molecule has 1 rings (SSSR count). The number of benzene rings is 1. The van der Waals surface area contributed by atoms with E-state index in [1.807, 2.05) is 6.07 Å². The van der Waals surface area contributed by atoms with E-state index in [-0.39, 0.29) is 5.75 Å². The molecule has 0 amide bonds. The minimum absolute atomic E-state index is 0.205. The van der Waals surface area contributed by atoms with E-state index in [1.54, 1.807) is 12.1 Å². The smallest absolute Gasteiger partial charge is 0.124 e. The Hall–Kier alpha value is -0.250. The first-order valence-electron chi connectivity index (χ1n) is 2.15. The second-order valence-corrected chi connectivity index (χ2v) is 2.64. The second-order valence-electron chi connectivity index (χ2n) is 1.39. The van der Waals surface area contributed by atoms with Crippen LogP contribution < -0.4 is 0 Å². The topological polar surface area (TPSA) is 20.2 Å². The van der Waals surface area contributed by atoms with Crippen LogP contribution in [-0.4, -0.2) is 5.11 Å². The van der Waals surface area contributed by atoms with Gasteiger partial charge in [-0.3, -0.25) is 0 Å². The third-order valence-electron chi connectivity index (χ3n) is 0.748. The van der Waals surface area contributed by atoms with Crippen molar-refractivity contribution in [3.63, 3.8) is 0 Å². The van der Waals surface area contributed by atoms with Crippen LogP contribution in [-0.2, 0) is 0 Å². The van der Waals surface area contributed by atoms with Gasteiger partial charge in [0.05, 0.1) is 0 Å². The minimum Gasteiger partial charge on any atom is -0.507 e. The number of halogens is 1. The number of phenols is 1. The summed E-state index contributed by atoms with van der Waals surface area (Å²) in [5.74, 6) is 0.205. The maximum Gasteiger partial charge on any atom is 0.124 e. The Kier molecular flexibility index (Phi) is 1.73. The van der Waals surface area contributed by atoms with Crippen molar-refractivity contribution in [1.29, 1.82) is 0 Å². The fraction of sp³-hybridized carbons (Fsp3) is 0. The van der Waals surface area contributed by atoms with Gasteiger partial charge in [-0.25, -0.2) is 0 Å². The summed E-state index contributed by atoms with van der Waals surface area (Å²) in [5.41, 5.74) is 0. The molecule has 0 aromatic heterocycles. The van der Waals surface area contributed by atoms with E-state index in [9.17, 15) is 0 Å². The fourth-order valence-corrected chi connectivity index (χ4v) is 0.902. The van der Waals surface area contributed by atoms with Gasteiger partial charge in [0.15, 0.2) is 0 Å². The summed E-state index contributed by atoms with van der Waals surface area (Å²) < 4.78 is 1.03. The maximum absolute atomic E-state index is 8.75. The first-order valence-corrected chi connectivity index (χ1v) is 3.23. The summed E-state index contributed by atoms with van der Waals surface area (Å²) in [7, 11) is 0. The molecule has 0 fully saturated rings. The summed E-state index contributed by atoms with van der Waals surface area (Å²) in [4.78, 5) is 0. The maximum atomic E-state index is 8.75. The molecule has 0 spiro atoms. The average molecular weight is 219 g/mol. The normalized spacial score (nSPS) is 9.12. The Morgan fingerprint density at radius 3 is 2.75 bits per heavy atom. The van der Waals surface area contributed by atoms with Gasteiger partial charge < -0.3 is 5.11 Å². The van der Waals surface area contributed by atoms with Gasteiger partial charge in [-0.1, -0.05) is 0 Å². The third kappa shape index (κ3) is 1.36. The number of rotatable bonds is 0. The lowest BCUT2D eigenvalue weighted by atomic mass is 10.3. The number of hydrogen-bond acceptors (Lipinski definition) is 1. The molecule has 41 valence electrons. The van der Waals surface area contributed by atoms with Crippen LogP contribution in [0.5, 0.6) is 5.75 Å². The quantitative estimate of drug-likeness (QED) is 0.659. The lowest BCUT2D eigenvalue weighted by Crippen LogP contribution is -1.66. The SMILES string of the molecule is Oc1[c]ccc(I)c1. The fourth-order valence-electron chi connectivity index (χ4n) is 0.427. The molecule has 0 atom stereocenters. The molecule has 0 aliphatic rings. The zero-order valence-electron chi connectivity index (χ0n) is 4.06. The van der Waals surface area contributed by atoms with Gasteiger partial charge in [-0.2, -0.15) is 0 Å². The molecule has 0 heterocycles. The Labute approximate surface area is 61.5 Å². The summed E-state index contributed by atoms with van der Waals surface area (Å²) in [6, 6.07) is 7.84. The number of phenolic OH excluding ortho intramolecular Hbond substituents is 1. The van der Waals surface area contributed by atoms with E-state index in [1.165, 1.54) is 0 Å². The van der Waals surface area contributed by atoms with Crippen molar-refractivity contribution in [3.8, 4) is 5.75 Å². The Morgan fingerprint density at radius 1 is 1.62 bits per heavy atom. The molecule has 0 saturated heterocycles. The summed E-state index contributed by atoms with van der Waals surface area (Å²) in [5, 5.41) is 8.75. The van der Waals surface area contributed by atoms with Crippen LogP contribution in [0.15, 0.2) is 18.2 Å². The van der Waals surface area contributed by atoms with Crippen LogP contribution >= 0.6 is 22.6 Å². The summed E-state index contributed by atoms with van der Waals surface area (Å²) in [6.07, 6.45) is 0. The largest absolute Gasteiger partial charge is 0.507 e. The monoisotopic (exact) mass is 219 g/mol. The van der Waals surface area contributed by atoms with E-state index in [4.69, 9.17) is 5.11 Å². The predicted molar refractivity (Wildman–Crippen MR) is 39.7 cm³/mol. The Morgan fingerprint density at radius 2 is 2.38 bits per heavy atom. The highest BCUT2D eigenvalue weighted by Crippen LogP contribution is 2.10. The predicted octanol–water partition coefficient (Wildman–Crippen LogP) is 1.80. The highest BCUT2D eigenvalue weighted by molar-refractivity contribution is 14.1. The van der Waals surface area contributed by atoms with E-state index in [2.05, 4.69) is 28.7 Å². The van der Waals surface area contributed by atoms with Crippen LogP contribution in [0.2, 0.25) is 0 Å². The lowest BCUT2D eigenvalue weighted by Gasteiger charge is -1.87. The van der Waals surface area contributed by atoms with Gasteiger partial charge in [-0.15, -0.1) is 0 Å². The second kappa shape index (κ2) is 2.35. The van der Waals surface area contributed by atoms with E-state index in [0.29, 0.717) is 0 Å². The van der Waals surface area contributed by atoms with Gasteiger partial charge in [0.25, 0.3) is 0 Å². The van der Waals surface area contributed by atoms with Crippen LogP contribution in [0.25, 0.3) is 0 Å². The van der Waals surface area contributed by atoms with Crippen LogP contribution in [0, 0.1) is 9.64 Å². The minimum atomic E-state index is 0.205. The lowest BCUT2D eigenvalue weighted by molar-refractivity contribution is 0.474. The van der Waals surface area contributed by atoms with Crippen LogP contribution in [0.4, 0.5) is 0 Å². The molecule has 1 aromatic rings. The zero-order chi connectivity index (χ0) is 5.98. The van der Waals surface area contributed by atoms with Gasteiger partial charge in [0.2, 0.25) is 0 Å². The van der Waals surface area contributed by atoms with Crippen molar-refractivity contribution in [3.05, 3.63) is 27.8 Å². The molecule has 0 bridgehead atoms. The van der Waals surface area contributed by atoms with Crippen molar-refractivity contribution in [2.75, 3.05) is 0 Å². The molecule has 1 aromatic carbocycles. The molecule has 0 unspecified atom stereocenters. The highest BCUT2D eigenvalue weighted by Gasteiger charge is 1.85. The van der Waals surface area contributed by atoms with E-state index < -0.39 is 0 Å². The van der Waals surface area contributed by atoms with E-state index >= 15 is 0 Å². The molecular formula is C6H4IO. The van der Waals surface area contributed by atoms with Gasteiger partial charge >= 0.3 is 0 Å². The van der Waals surface area contributed by atoms with Crippen molar-refractivity contribution in [2.45, 2.75) is 0 Å². The van der Waals surface area contributed by atoms with Crippen molar-refractivity contribution >= 4 is 22.6 Å². The van der Waals surface area contributed by atoms with Crippen LogP contribution in [0.3, 0.4) is 0 Å². The molecule has 1 N–H and O–H groups in total. The van der Waals surface area contributed by atoms with Crippen LogP contribution in [0.1, 0.15) is 0 Å². The molecule has 1 nitrogen and oxygen atoms in total. The first kappa shape index (κ1) is 5.88. The van der Waals surface area contributed by atoms with Crippen molar-refractivity contribution < 1.29 is 5.11 Å². The molecular weight excluding hydrogens is 215 g/mol. The molecule has 1 radical (unpaired) electrons.